The van der Waals surface area contributed by atoms with Crippen LogP contribution in [-0.4, -0.2) is 35.8 Å². The van der Waals surface area contributed by atoms with Gasteiger partial charge in [-0.2, -0.15) is 0 Å². The number of amides is 1. The van der Waals surface area contributed by atoms with Gasteiger partial charge in [-0.3, -0.25) is 25.7 Å². The number of benzene rings is 2. The first kappa shape index (κ1) is 22.7. The van der Waals surface area contributed by atoms with Crippen molar-refractivity contribution in [2.45, 2.75) is 19.4 Å². The fourth-order valence-corrected chi connectivity index (χ4v) is 3.50. The first-order valence-corrected chi connectivity index (χ1v) is 10.3. The molecule has 7 heteroatoms. The van der Waals surface area contributed by atoms with E-state index in [1.165, 1.54) is 7.11 Å². The molecule has 164 valence electrons. The van der Waals surface area contributed by atoms with Crippen LogP contribution >= 0.6 is 0 Å². The van der Waals surface area contributed by atoms with Gasteiger partial charge in [0.25, 0.3) is 11.7 Å². The number of amidine groups is 1. The molecule has 2 aromatic carbocycles. The average molecular weight is 432 g/mol. The van der Waals surface area contributed by atoms with Crippen molar-refractivity contribution in [2.75, 3.05) is 7.11 Å². The highest BCUT2D eigenvalue weighted by atomic mass is 16.5. The van der Waals surface area contributed by atoms with Crippen LogP contribution in [0.1, 0.15) is 28.4 Å². The van der Waals surface area contributed by atoms with Crippen molar-refractivity contribution in [3.63, 3.8) is 0 Å². The first-order chi connectivity index (χ1) is 15.4. The van der Waals surface area contributed by atoms with Crippen LogP contribution in [-0.2, 0) is 16.0 Å². The number of nitrogens with zero attached hydrogens (tertiary/aromatic N) is 1. The van der Waals surface area contributed by atoms with Crippen LogP contribution in [0.15, 0.2) is 73.1 Å². The van der Waals surface area contributed by atoms with Crippen molar-refractivity contribution in [2.24, 2.45) is 11.7 Å². The van der Waals surface area contributed by atoms with E-state index in [-0.39, 0.29) is 11.7 Å². The molecular formula is C25H27N4O3+. The number of pyridine rings is 1. The maximum Gasteiger partial charge on any atom is 0.311 e. The highest BCUT2D eigenvalue weighted by Gasteiger charge is 2.28. The SMILES string of the molecule is COC(=O)C(Cc1cccc(C(N)=[NH2+])c1)C(C)NC(=O)c1ccc(-c2ccncc2)cc1. The smallest absolute Gasteiger partial charge is 0.311 e. The molecule has 0 aliphatic rings. The maximum atomic E-state index is 12.8. The van der Waals surface area contributed by atoms with Gasteiger partial charge in [-0.15, -0.1) is 0 Å². The van der Waals surface area contributed by atoms with Crippen molar-refractivity contribution in [3.05, 3.63) is 89.7 Å². The Balaban J connectivity index is 1.72. The maximum absolute atomic E-state index is 12.8. The zero-order valence-electron chi connectivity index (χ0n) is 18.1. The van der Waals surface area contributed by atoms with Gasteiger partial charge < -0.3 is 10.1 Å². The number of methoxy groups -OCH3 is 1. The predicted octanol–water partition coefficient (Wildman–Crippen LogP) is 1.36. The van der Waals surface area contributed by atoms with Crippen LogP contribution in [0, 0.1) is 5.92 Å². The molecule has 1 aromatic heterocycles. The minimum Gasteiger partial charge on any atom is -0.469 e. The number of rotatable bonds is 8. The molecule has 0 aliphatic heterocycles. The summed E-state index contributed by atoms with van der Waals surface area (Å²) in [4.78, 5) is 29.3. The number of carbonyl (C=O) groups is 2. The fraction of sp³-hybridized carbons (Fsp3) is 0.200. The Morgan fingerprint density at radius 2 is 1.69 bits per heavy atom. The molecule has 5 N–H and O–H groups in total. The third kappa shape index (κ3) is 5.57. The zero-order valence-corrected chi connectivity index (χ0v) is 18.1. The van der Waals surface area contributed by atoms with Crippen LogP contribution in [0.2, 0.25) is 0 Å². The first-order valence-electron chi connectivity index (χ1n) is 10.3. The van der Waals surface area contributed by atoms with E-state index >= 15 is 0 Å². The summed E-state index contributed by atoms with van der Waals surface area (Å²) in [6.07, 6.45) is 3.82. The summed E-state index contributed by atoms with van der Waals surface area (Å²) in [7, 11) is 1.34. The van der Waals surface area contributed by atoms with Crippen LogP contribution in [0.5, 0.6) is 0 Å². The van der Waals surface area contributed by atoms with Gasteiger partial charge in [0.2, 0.25) is 0 Å². The lowest BCUT2D eigenvalue weighted by Gasteiger charge is -2.23. The second kappa shape index (κ2) is 10.3. The molecule has 0 saturated carbocycles. The van der Waals surface area contributed by atoms with E-state index in [2.05, 4.69) is 10.3 Å². The Morgan fingerprint density at radius 3 is 2.31 bits per heavy atom. The van der Waals surface area contributed by atoms with Crippen molar-refractivity contribution in [1.82, 2.24) is 10.3 Å². The normalized spacial score (nSPS) is 12.4. The topological polar surface area (TPSA) is 120 Å². The summed E-state index contributed by atoms with van der Waals surface area (Å²) >= 11 is 0. The molecule has 1 heterocycles. The molecule has 2 atom stereocenters. The lowest BCUT2D eigenvalue weighted by Crippen LogP contribution is -2.46. The molecule has 0 fully saturated rings. The van der Waals surface area contributed by atoms with Crippen molar-refractivity contribution >= 4 is 17.7 Å². The van der Waals surface area contributed by atoms with Gasteiger partial charge in [-0.05, 0) is 66.4 Å². The largest absolute Gasteiger partial charge is 0.469 e. The average Bonchev–Trinajstić information content (AvgIpc) is 2.82. The molecule has 2 unspecified atom stereocenters. The number of hydrogen-bond acceptors (Lipinski definition) is 4. The minimum atomic E-state index is -0.575. The van der Waals surface area contributed by atoms with Gasteiger partial charge in [0.15, 0.2) is 0 Å². The Morgan fingerprint density at radius 1 is 1.03 bits per heavy atom. The molecule has 3 rings (SSSR count). The van der Waals surface area contributed by atoms with Crippen LogP contribution in [0.3, 0.4) is 0 Å². The summed E-state index contributed by atoms with van der Waals surface area (Å²) in [5.74, 6) is -1.03. The number of hydrogen-bond donors (Lipinski definition) is 3. The molecule has 0 radical (unpaired) electrons. The quantitative estimate of drug-likeness (QED) is 0.283. The minimum absolute atomic E-state index is 0.207. The zero-order chi connectivity index (χ0) is 23.1. The van der Waals surface area contributed by atoms with Crippen LogP contribution < -0.4 is 16.5 Å². The molecule has 0 spiro atoms. The predicted molar refractivity (Wildman–Crippen MR) is 122 cm³/mol. The highest BCUT2D eigenvalue weighted by molar-refractivity contribution is 5.95. The Hall–Kier alpha value is -4.00. The number of aromatic nitrogens is 1. The molecule has 1 amide bonds. The lowest BCUT2D eigenvalue weighted by molar-refractivity contribution is -0.146. The Labute approximate surface area is 187 Å². The van der Waals surface area contributed by atoms with Crippen molar-refractivity contribution in [3.8, 4) is 11.1 Å². The molecule has 0 aliphatic carbocycles. The van der Waals surface area contributed by atoms with E-state index in [4.69, 9.17) is 15.9 Å². The van der Waals surface area contributed by atoms with Crippen molar-refractivity contribution < 1.29 is 19.7 Å². The Bertz CT molecular complexity index is 1100. The van der Waals surface area contributed by atoms with Crippen LogP contribution in [0.25, 0.3) is 11.1 Å². The van der Waals surface area contributed by atoms with E-state index in [0.29, 0.717) is 17.5 Å². The highest BCUT2D eigenvalue weighted by Crippen LogP contribution is 2.20. The number of carbonyl (C=O) groups excluding carboxylic acids is 2. The fourth-order valence-electron chi connectivity index (χ4n) is 3.50. The summed E-state index contributed by atoms with van der Waals surface area (Å²) in [6, 6.07) is 18.0. The molecular weight excluding hydrogens is 404 g/mol. The number of nitrogens with two attached hydrogens (primary N) is 2. The number of esters is 1. The number of ether oxygens (including phenoxy) is 1. The summed E-state index contributed by atoms with van der Waals surface area (Å²) in [6.45, 7) is 1.79. The molecule has 0 bridgehead atoms. The number of nitrogens with one attached hydrogen (secondary N) is 1. The van der Waals surface area contributed by atoms with E-state index < -0.39 is 17.9 Å². The second-order valence-electron chi connectivity index (χ2n) is 7.56. The van der Waals surface area contributed by atoms with Gasteiger partial charge >= 0.3 is 5.97 Å². The van der Waals surface area contributed by atoms with Gasteiger partial charge in [-0.25, -0.2) is 0 Å². The van der Waals surface area contributed by atoms with Gasteiger partial charge in [0.05, 0.1) is 18.6 Å². The van der Waals surface area contributed by atoms with Gasteiger partial charge in [-0.1, -0.05) is 24.3 Å². The third-order valence-corrected chi connectivity index (χ3v) is 5.34. The molecule has 3 aromatic rings. The van der Waals surface area contributed by atoms with Crippen LogP contribution in [0.4, 0.5) is 0 Å². The summed E-state index contributed by atoms with van der Waals surface area (Å²) < 4.78 is 4.99. The van der Waals surface area contributed by atoms with Gasteiger partial charge in [0, 0.05) is 24.0 Å². The van der Waals surface area contributed by atoms with Gasteiger partial charge in [0.1, 0.15) is 0 Å². The molecule has 7 nitrogen and oxygen atoms in total. The molecule has 0 saturated heterocycles. The summed E-state index contributed by atoms with van der Waals surface area (Å²) in [5, 5.41) is 8.60. The van der Waals surface area contributed by atoms with E-state index in [0.717, 1.165) is 16.7 Å². The van der Waals surface area contributed by atoms with E-state index in [9.17, 15) is 9.59 Å². The summed E-state index contributed by atoms with van der Waals surface area (Å²) in [5.41, 5.74) is 9.75. The second-order valence-corrected chi connectivity index (χ2v) is 7.56. The Kier molecular flexibility index (Phi) is 7.33. The third-order valence-electron chi connectivity index (χ3n) is 5.34. The van der Waals surface area contributed by atoms with E-state index in [1.54, 1.807) is 37.5 Å². The molecule has 32 heavy (non-hydrogen) atoms. The standard InChI is InChI=1S/C25H26N4O3/c1-16(22(25(31)32-2)15-17-4-3-5-21(14-17)23(26)27)29-24(30)20-8-6-18(7-9-20)19-10-12-28-13-11-19/h3-14,16,22H,15H2,1-2H3,(H3,26,27)(H,29,30)/p+1. The van der Waals surface area contributed by atoms with E-state index in [1.807, 2.05) is 42.5 Å². The monoisotopic (exact) mass is 431 g/mol. The lowest BCUT2D eigenvalue weighted by atomic mass is 9.92. The van der Waals surface area contributed by atoms with Crippen molar-refractivity contribution in [1.29, 1.82) is 0 Å².